The molecule has 0 aliphatic carbocycles. The van der Waals surface area contributed by atoms with Gasteiger partial charge in [-0.15, -0.1) is 0 Å². The Bertz CT molecular complexity index is 1130. The number of aliphatic hydroxyl groups is 1. The van der Waals surface area contributed by atoms with Crippen LogP contribution in [0, 0.1) is 0 Å². The summed E-state index contributed by atoms with van der Waals surface area (Å²) in [5.74, 6) is 1.81. The Labute approximate surface area is 186 Å². The summed E-state index contributed by atoms with van der Waals surface area (Å²) in [4.78, 5) is 15.1. The zero-order chi connectivity index (χ0) is 22.1. The van der Waals surface area contributed by atoms with Gasteiger partial charge in [0.25, 0.3) is 5.91 Å². The Morgan fingerprint density at radius 1 is 1.09 bits per heavy atom. The molecule has 2 aromatic carbocycles. The summed E-state index contributed by atoms with van der Waals surface area (Å²) in [6, 6.07) is 17.4. The number of hydrogen-bond acceptors (Lipinski definition) is 5. The Morgan fingerprint density at radius 3 is 2.69 bits per heavy atom. The summed E-state index contributed by atoms with van der Waals surface area (Å²) in [5, 5.41) is 8.97. The van der Waals surface area contributed by atoms with Gasteiger partial charge in [0.1, 0.15) is 12.4 Å². The summed E-state index contributed by atoms with van der Waals surface area (Å²) in [7, 11) is 1.54. The number of likely N-dealkylation sites (tertiary alicyclic amines) is 1. The predicted octanol–water partition coefficient (Wildman–Crippen LogP) is 3.38. The lowest BCUT2D eigenvalue weighted by atomic mass is 9.86. The number of fused-ring (bicyclic) bond motifs is 4. The summed E-state index contributed by atoms with van der Waals surface area (Å²) in [5.41, 5.74) is 2.30. The van der Waals surface area contributed by atoms with Gasteiger partial charge in [-0.05, 0) is 42.5 Å². The first-order valence-corrected chi connectivity index (χ1v) is 10.8. The SMILES string of the molecule is COc1cc(C(=O)N2CCC3(CC2)Oc2ccccc2-n2cccc23)ccc1OCCO. The minimum Gasteiger partial charge on any atom is -0.493 e. The molecule has 1 amide bonds. The predicted molar refractivity (Wildman–Crippen MR) is 119 cm³/mol. The zero-order valence-corrected chi connectivity index (χ0v) is 18.0. The van der Waals surface area contributed by atoms with Gasteiger partial charge in [-0.3, -0.25) is 4.79 Å². The van der Waals surface area contributed by atoms with Gasteiger partial charge in [0, 0.05) is 37.7 Å². The smallest absolute Gasteiger partial charge is 0.253 e. The fourth-order valence-corrected chi connectivity index (χ4v) is 4.65. The number of piperidine rings is 1. The Kier molecular flexibility index (Phi) is 5.27. The maximum absolute atomic E-state index is 13.2. The molecule has 7 nitrogen and oxygen atoms in total. The van der Waals surface area contributed by atoms with E-state index in [2.05, 4.69) is 22.9 Å². The zero-order valence-electron chi connectivity index (χ0n) is 18.0. The van der Waals surface area contributed by atoms with E-state index in [1.165, 1.54) is 7.11 Å². The molecule has 7 heteroatoms. The highest BCUT2D eigenvalue weighted by Crippen LogP contribution is 2.45. The minimum absolute atomic E-state index is 0.0431. The van der Waals surface area contributed by atoms with E-state index >= 15 is 0 Å². The van der Waals surface area contributed by atoms with Crippen LogP contribution in [0.1, 0.15) is 28.9 Å². The molecule has 166 valence electrons. The maximum atomic E-state index is 13.2. The van der Waals surface area contributed by atoms with E-state index in [1.807, 2.05) is 29.2 Å². The molecule has 0 atom stereocenters. The number of benzene rings is 2. The average Bonchev–Trinajstić information content (AvgIpc) is 3.34. The Hall–Kier alpha value is -3.45. The van der Waals surface area contributed by atoms with Crippen molar-refractivity contribution >= 4 is 5.91 Å². The van der Waals surface area contributed by atoms with Crippen molar-refractivity contribution in [1.82, 2.24) is 9.47 Å². The lowest BCUT2D eigenvalue weighted by Gasteiger charge is -2.45. The van der Waals surface area contributed by atoms with Crippen LogP contribution in [0.4, 0.5) is 0 Å². The van der Waals surface area contributed by atoms with Crippen molar-refractivity contribution in [3.63, 3.8) is 0 Å². The summed E-state index contributed by atoms with van der Waals surface area (Å²) < 4.78 is 19.6. The second-order valence-electron chi connectivity index (χ2n) is 8.06. The van der Waals surface area contributed by atoms with Crippen molar-refractivity contribution in [2.45, 2.75) is 18.4 Å². The summed E-state index contributed by atoms with van der Waals surface area (Å²) in [6.45, 7) is 1.27. The van der Waals surface area contributed by atoms with Crippen LogP contribution >= 0.6 is 0 Å². The highest BCUT2D eigenvalue weighted by Gasteiger charge is 2.44. The number of hydrogen-bond donors (Lipinski definition) is 1. The van der Waals surface area contributed by atoms with Gasteiger partial charge in [0.2, 0.25) is 0 Å². The van der Waals surface area contributed by atoms with E-state index in [4.69, 9.17) is 19.3 Å². The maximum Gasteiger partial charge on any atom is 0.253 e. The van der Waals surface area contributed by atoms with Crippen LogP contribution in [-0.4, -0.2) is 53.9 Å². The van der Waals surface area contributed by atoms with Crippen molar-refractivity contribution in [1.29, 1.82) is 0 Å². The number of para-hydroxylation sites is 2. The van der Waals surface area contributed by atoms with Crippen molar-refractivity contribution in [2.75, 3.05) is 33.4 Å². The van der Waals surface area contributed by atoms with E-state index in [-0.39, 0.29) is 19.1 Å². The number of methoxy groups -OCH3 is 1. The van der Waals surface area contributed by atoms with Gasteiger partial charge in [-0.1, -0.05) is 12.1 Å². The summed E-state index contributed by atoms with van der Waals surface area (Å²) >= 11 is 0. The first-order valence-electron chi connectivity index (χ1n) is 10.8. The molecular weight excluding hydrogens is 408 g/mol. The first kappa shape index (κ1) is 20.5. The molecule has 3 heterocycles. The number of carbonyl (C=O) groups excluding carboxylic acids is 1. The van der Waals surface area contributed by atoms with Gasteiger partial charge in [0.05, 0.1) is 25.1 Å². The van der Waals surface area contributed by atoms with E-state index in [1.54, 1.807) is 18.2 Å². The molecule has 0 saturated carbocycles. The van der Waals surface area contributed by atoms with Gasteiger partial charge in [-0.2, -0.15) is 0 Å². The first-order chi connectivity index (χ1) is 15.6. The third-order valence-electron chi connectivity index (χ3n) is 6.26. The van der Waals surface area contributed by atoms with Gasteiger partial charge in [0.15, 0.2) is 17.1 Å². The summed E-state index contributed by atoms with van der Waals surface area (Å²) in [6.07, 6.45) is 3.50. The van der Waals surface area contributed by atoms with Crippen molar-refractivity contribution < 1.29 is 24.1 Å². The molecule has 1 aromatic heterocycles. The number of rotatable bonds is 5. The van der Waals surface area contributed by atoms with E-state index in [0.29, 0.717) is 43.0 Å². The highest BCUT2D eigenvalue weighted by atomic mass is 16.5. The van der Waals surface area contributed by atoms with E-state index in [0.717, 1.165) is 17.1 Å². The van der Waals surface area contributed by atoms with E-state index < -0.39 is 5.60 Å². The number of aromatic nitrogens is 1. The van der Waals surface area contributed by atoms with Crippen LogP contribution in [0.15, 0.2) is 60.8 Å². The molecule has 1 spiro atoms. The fourth-order valence-electron chi connectivity index (χ4n) is 4.65. The molecule has 1 fully saturated rings. The molecule has 2 aliphatic heterocycles. The molecule has 0 bridgehead atoms. The van der Waals surface area contributed by atoms with Gasteiger partial charge in [-0.25, -0.2) is 0 Å². The topological polar surface area (TPSA) is 73.2 Å². The minimum atomic E-state index is -0.436. The lowest BCUT2D eigenvalue weighted by molar-refractivity contribution is -0.00931. The third-order valence-corrected chi connectivity index (χ3v) is 6.26. The third kappa shape index (κ3) is 3.39. The number of ether oxygens (including phenoxy) is 3. The number of nitrogens with zero attached hydrogens (tertiary/aromatic N) is 2. The van der Waals surface area contributed by atoms with Gasteiger partial charge >= 0.3 is 0 Å². The lowest BCUT2D eigenvalue weighted by Crippen LogP contribution is -2.50. The van der Waals surface area contributed by atoms with Crippen LogP contribution in [0.25, 0.3) is 5.69 Å². The number of amides is 1. The second-order valence-corrected chi connectivity index (χ2v) is 8.06. The number of carbonyl (C=O) groups is 1. The molecule has 0 unspecified atom stereocenters. The van der Waals surface area contributed by atoms with E-state index in [9.17, 15) is 4.79 Å². The normalized spacial score (nSPS) is 16.1. The second kappa shape index (κ2) is 8.24. The van der Waals surface area contributed by atoms with Crippen molar-refractivity contribution in [2.24, 2.45) is 0 Å². The standard InChI is InChI=1S/C25H26N2O5/c1-30-22-17-18(8-9-21(22)31-16-15-28)24(29)26-13-10-25(11-14-26)23-7-4-12-27(23)19-5-2-3-6-20(19)32-25/h2-9,12,17,28H,10-11,13-16H2,1H3. The monoisotopic (exact) mass is 434 g/mol. The molecule has 0 radical (unpaired) electrons. The average molecular weight is 434 g/mol. The largest absolute Gasteiger partial charge is 0.493 e. The van der Waals surface area contributed by atoms with Crippen LogP contribution < -0.4 is 14.2 Å². The van der Waals surface area contributed by atoms with Crippen molar-refractivity contribution in [3.8, 4) is 22.9 Å². The van der Waals surface area contributed by atoms with Crippen LogP contribution in [-0.2, 0) is 5.60 Å². The number of aliphatic hydroxyl groups excluding tert-OH is 1. The molecule has 3 aromatic rings. The fraction of sp³-hybridized carbons (Fsp3) is 0.320. The van der Waals surface area contributed by atoms with Crippen LogP contribution in [0.5, 0.6) is 17.2 Å². The molecular formula is C25H26N2O5. The van der Waals surface area contributed by atoms with Crippen LogP contribution in [0.3, 0.4) is 0 Å². The van der Waals surface area contributed by atoms with Crippen LogP contribution in [0.2, 0.25) is 0 Å². The molecule has 1 saturated heterocycles. The molecule has 2 aliphatic rings. The quantitative estimate of drug-likeness (QED) is 0.667. The molecule has 1 N–H and O–H groups in total. The Balaban J connectivity index is 1.34. The molecule has 32 heavy (non-hydrogen) atoms. The Morgan fingerprint density at radius 2 is 1.91 bits per heavy atom. The highest BCUT2D eigenvalue weighted by molar-refractivity contribution is 5.95. The molecule has 5 rings (SSSR count). The van der Waals surface area contributed by atoms with Crippen molar-refractivity contribution in [3.05, 3.63) is 72.1 Å². The van der Waals surface area contributed by atoms with Gasteiger partial charge < -0.3 is 28.8 Å².